The Kier molecular flexibility index (Phi) is 4.19. The lowest BCUT2D eigenvalue weighted by Crippen LogP contribution is -2.12. The Labute approximate surface area is 115 Å². The van der Waals surface area contributed by atoms with Crippen molar-refractivity contribution in [3.05, 3.63) is 50.9 Å². The van der Waals surface area contributed by atoms with E-state index >= 15 is 0 Å². The van der Waals surface area contributed by atoms with Crippen LogP contribution in [-0.4, -0.2) is 17.1 Å². The molecule has 5 nitrogen and oxygen atoms in total. The van der Waals surface area contributed by atoms with Crippen molar-refractivity contribution in [2.45, 2.75) is 13.5 Å². The summed E-state index contributed by atoms with van der Waals surface area (Å²) in [6.45, 7) is 2.23. The minimum Gasteiger partial charge on any atom is -0.378 e. The van der Waals surface area contributed by atoms with E-state index in [9.17, 15) is 4.79 Å². The van der Waals surface area contributed by atoms with E-state index in [1.807, 2.05) is 13.0 Å². The lowest BCUT2D eigenvalue weighted by molar-refractivity contribution is 0.181. The Bertz CT molecular complexity index is 640. The molecule has 0 spiro atoms. The Morgan fingerprint density at radius 3 is 2.95 bits per heavy atom. The lowest BCUT2D eigenvalue weighted by atomic mass is 10.2. The number of nitrogens with zero attached hydrogens (tertiary/aromatic N) is 1. The third-order valence-corrected chi connectivity index (χ3v) is 2.77. The van der Waals surface area contributed by atoms with Crippen LogP contribution in [0.2, 0.25) is 5.02 Å². The van der Waals surface area contributed by atoms with E-state index in [0.29, 0.717) is 16.7 Å². The molecule has 6 heteroatoms. The quantitative estimate of drug-likeness (QED) is 0.903. The van der Waals surface area contributed by atoms with E-state index in [2.05, 4.69) is 15.3 Å². The Morgan fingerprint density at radius 1 is 1.42 bits per heavy atom. The first kappa shape index (κ1) is 13.6. The van der Waals surface area contributed by atoms with Crippen LogP contribution < -0.4 is 10.9 Å². The molecule has 0 atom stereocenters. The molecule has 0 aliphatic heterocycles. The molecule has 0 aliphatic carbocycles. The zero-order valence-corrected chi connectivity index (χ0v) is 11.4. The number of aromatic nitrogens is 2. The van der Waals surface area contributed by atoms with E-state index in [4.69, 9.17) is 16.3 Å². The molecule has 0 amide bonds. The number of methoxy groups -OCH3 is 1. The summed E-state index contributed by atoms with van der Waals surface area (Å²) in [5.74, 6) is 0.366. The molecule has 2 aromatic rings. The van der Waals surface area contributed by atoms with Crippen molar-refractivity contribution in [3.63, 3.8) is 0 Å². The smallest absolute Gasteiger partial charge is 0.252 e. The molecule has 0 fully saturated rings. The topological polar surface area (TPSA) is 67.0 Å². The highest BCUT2D eigenvalue weighted by Crippen LogP contribution is 2.22. The Morgan fingerprint density at radius 2 is 2.21 bits per heavy atom. The summed E-state index contributed by atoms with van der Waals surface area (Å²) >= 11 is 5.94. The van der Waals surface area contributed by atoms with Crippen molar-refractivity contribution in [1.29, 1.82) is 0 Å². The molecule has 0 saturated carbocycles. The van der Waals surface area contributed by atoms with Crippen LogP contribution in [-0.2, 0) is 11.3 Å². The van der Waals surface area contributed by atoms with Gasteiger partial charge in [0.05, 0.1) is 12.3 Å². The van der Waals surface area contributed by atoms with Gasteiger partial charge < -0.3 is 10.1 Å². The van der Waals surface area contributed by atoms with Crippen molar-refractivity contribution in [3.8, 4) is 0 Å². The standard InChI is InChI=1S/C13H14ClN3O2/c1-8-3-4-9(14)5-11(8)16-13-15-10(7-19-2)6-12(18)17-13/h3-6H,7H2,1-2H3,(H2,15,16,17,18). The molecule has 0 aliphatic rings. The monoisotopic (exact) mass is 279 g/mol. The molecular weight excluding hydrogens is 266 g/mol. The van der Waals surface area contributed by atoms with Crippen molar-refractivity contribution in [2.24, 2.45) is 0 Å². The molecule has 19 heavy (non-hydrogen) atoms. The first-order valence-corrected chi connectivity index (χ1v) is 6.08. The number of nitrogens with one attached hydrogen (secondary N) is 2. The van der Waals surface area contributed by atoms with Gasteiger partial charge in [-0.25, -0.2) is 4.98 Å². The molecule has 1 heterocycles. The Balaban J connectivity index is 2.32. The average Bonchev–Trinajstić information content (AvgIpc) is 2.33. The summed E-state index contributed by atoms with van der Waals surface area (Å²) in [6, 6.07) is 6.88. The fourth-order valence-corrected chi connectivity index (χ4v) is 1.82. The van der Waals surface area contributed by atoms with Crippen molar-refractivity contribution in [2.75, 3.05) is 12.4 Å². The lowest BCUT2D eigenvalue weighted by Gasteiger charge is -2.09. The van der Waals surface area contributed by atoms with Crippen molar-refractivity contribution in [1.82, 2.24) is 9.97 Å². The second kappa shape index (κ2) is 5.86. The molecule has 0 saturated heterocycles. The maximum absolute atomic E-state index is 11.5. The first-order valence-electron chi connectivity index (χ1n) is 5.71. The van der Waals surface area contributed by atoms with Gasteiger partial charge in [-0.3, -0.25) is 9.78 Å². The van der Waals surface area contributed by atoms with Gasteiger partial charge in [-0.05, 0) is 24.6 Å². The third-order valence-electron chi connectivity index (χ3n) is 2.54. The van der Waals surface area contributed by atoms with Gasteiger partial charge in [-0.15, -0.1) is 0 Å². The summed E-state index contributed by atoms with van der Waals surface area (Å²) < 4.78 is 4.97. The minimum absolute atomic E-state index is 0.232. The van der Waals surface area contributed by atoms with Gasteiger partial charge in [0, 0.05) is 23.9 Å². The number of ether oxygens (including phenoxy) is 1. The van der Waals surface area contributed by atoms with E-state index in [1.165, 1.54) is 6.07 Å². The molecule has 1 aromatic heterocycles. The molecule has 2 rings (SSSR count). The van der Waals surface area contributed by atoms with Crippen LogP contribution in [0.15, 0.2) is 29.1 Å². The summed E-state index contributed by atoms with van der Waals surface area (Å²) in [5.41, 5.74) is 2.13. The van der Waals surface area contributed by atoms with E-state index in [0.717, 1.165) is 11.3 Å². The van der Waals surface area contributed by atoms with Gasteiger partial charge in [0.15, 0.2) is 0 Å². The van der Waals surface area contributed by atoms with Crippen LogP contribution in [0.1, 0.15) is 11.3 Å². The zero-order valence-electron chi connectivity index (χ0n) is 10.7. The van der Waals surface area contributed by atoms with Crippen LogP contribution in [0.5, 0.6) is 0 Å². The molecule has 100 valence electrons. The number of aromatic amines is 1. The Hall–Kier alpha value is -1.85. The number of hydrogen-bond donors (Lipinski definition) is 2. The van der Waals surface area contributed by atoms with Crippen molar-refractivity contribution < 1.29 is 4.74 Å². The number of H-pyrrole nitrogens is 1. The van der Waals surface area contributed by atoms with Gasteiger partial charge >= 0.3 is 0 Å². The largest absolute Gasteiger partial charge is 0.378 e. The van der Waals surface area contributed by atoms with Gasteiger partial charge in [0.1, 0.15) is 0 Å². The van der Waals surface area contributed by atoms with Crippen molar-refractivity contribution >= 4 is 23.2 Å². The summed E-state index contributed by atoms with van der Waals surface area (Å²) in [7, 11) is 1.55. The highest BCUT2D eigenvalue weighted by molar-refractivity contribution is 6.30. The molecule has 0 unspecified atom stereocenters. The maximum Gasteiger partial charge on any atom is 0.252 e. The zero-order chi connectivity index (χ0) is 13.8. The fourth-order valence-electron chi connectivity index (χ4n) is 1.65. The van der Waals surface area contributed by atoms with Gasteiger partial charge in [0.25, 0.3) is 5.56 Å². The fraction of sp³-hybridized carbons (Fsp3) is 0.231. The van der Waals surface area contributed by atoms with E-state index in [-0.39, 0.29) is 12.2 Å². The average molecular weight is 280 g/mol. The second-order valence-electron chi connectivity index (χ2n) is 4.10. The number of benzene rings is 1. The predicted octanol–water partition coefficient (Wildman–Crippen LogP) is 2.62. The molecule has 1 aromatic carbocycles. The number of halogens is 1. The first-order chi connectivity index (χ1) is 9.08. The second-order valence-corrected chi connectivity index (χ2v) is 4.54. The molecule has 0 radical (unpaired) electrons. The third kappa shape index (κ3) is 3.56. The number of anilines is 2. The summed E-state index contributed by atoms with van der Waals surface area (Å²) in [6.07, 6.45) is 0. The molecular formula is C13H14ClN3O2. The maximum atomic E-state index is 11.5. The SMILES string of the molecule is COCc1cc(=O)[nH]c(Nc2cc(Cl)ccc2C)n1. The predicted molar refractivity (Wildman–Crippen MR) is 75.0 cm³/mol. The number of aryl methyl sites for hydroxylation is 1. The molecule has 0 bridgehead atoms. The van der Waals surface area contributed by atoms with Crippen LogP contribution in [0, 0.1) is 6.92 Å². The minimum atomic E-state index is -0.232. The van der Waals surface area contributed by atoms with Gasteiger partial charge in [-0.1, -0.05) is 17.7 Å². The number of hydrogen-bond acceptors (Lipinski definition) is 4. The van der Waals surface area contributed by atoms with E-state index in [1.54, 1.807) is 19.2 Å². The van der Waals surface area contributed by atoms with E-state index < -0.39 is 0 Å². The van der Waals surface area contributed by atoms with Gasteiger partial charge in [-0.2, -0.15) is 0 Å². The number of rotatable bonds is 4. The normalized spacial score (nSPS) is 10.5. The highest BCUT2D eigenvalue weighted by atomic mass is 35.5. The van der Waals surface area contributed by atoms with Crippen LogP contribution in [0.3, 0.4) is 0 Å². The summed E-state index contributed by atoms with van der Waals surface area (Å²) in [5, 5.41) is 3.66. The van der Waals surface area contributed by atoms with Crippen LogP contribution in [0.4, 0.5) is 11.6 Å². The highest BCUT2D eigenvalue weighted by Gasteiger charge is 2.04. The van der Waals surface area contributed by atoms with Gasteiger partial charge in [0.2, 0.25) is 5.95 Å². The van der Waals surface area contributed by atoms with Crippen LogP contribution in [0.25, 0.3) is 0 Å². The van der Waals surface area contributed by atoms with Crippen LogP contribution >= 0.6 is 11.6 Å². The summed E-state index contributed by atoms with van der Waals surface area (Å²) in [4.78, 5) is 18.4. The molecule has 2 N–H and O–H groups in total.